The monoisotopic (exact) mass is 476 g/mol. The second-order valence-electron chi connectivity index (χ2n) is 10.2. The van der Waals surface area contributed by atoms with Gasteiger partial charge in [0.15, 0.2) is 0 Å². The number of amides is 2. The van der Waals surface area contributed by atoms with E-state index < -0.39 is 23.5 Å². The summed E-state index contributed by atoms with van der Waals surface area (Å²) in [6.07, 6.45) is 4.81. The van der Waals surface area contributed by atoms with Crippen molar-refractivity contribution in [2.75, 3.05) is 6.61 Å². The molecule has 2 saturated carbocycles. The summed E-state index contributed by atoms with van der Waals surface area (Å²) < 4.78 is 5.70. The van der Waals surface area contributed by atoms with E-state index in [0.717, 1.165) is 43.2 Å². The Labute approximate surface area is 205 Å². The minimum Gasteiger partial charge on any atom is -0.481 e. The normalized spacial score (nSPS) is 22.3. The van der Waals surface area contributed by atoms with Crippen LogP contribution in [0.3, 0.4) is 0 Å². The Morgan fingerprint density at radius 3 is 2.20 bits per heavy atom. The topological polar surface area (TPSA) is 105 Å². The molecule has 0 heterocycles. The summed E-state index contributed by atoms with van der Waals surface area (Å²) in [4.78, 5) is 36.9. The van der Waals surface area contributed by atoms with E-state index in [2.05, 4.69) is 34.9 Å². The van der Waals surface area contributed by atoms with Crippen molar-refractivity contribution >= 4 is 18.0 Å². The Kier molecular flexibility index (Phi) is 6.50. The molecule has 5 rings (SSSR count). The first-order valence-electron chi connectivity index (χ1n) is 12.6. The molecule has 2 amide bonds. The molecule has 0 saturated heterocycles. The lowest BCUT2D eigenvalue weighted by molar-refractivity contribution is -0.143. The second-order valence-corrected chi connectivity index (χ2v) is 10.2. The SMILES string of the molecule is O=C(CC1(NC(=O)OCC2c3ccccc3-c3ccccc32)CCC1)N[C@@H]1CCC[C@@H](C(=O)O)C1. The number of aliphatic carboxylic acids is 1. The Bertz CT molecular complexity index is 1080. The molecule has 3 aliphatic rings. The number of carbonyl (C=O) groups excluding carboxylic acids is 2. The van der Waals surface area contributed by atoms with Gasteiger partial charge in [-0.3, -0.25) is 9.59 Å². The number of nitrogens with one attached hydrogen (secondary N) is 2. The van der Waals surface area contributed by atoms with E-state index in [1.165, 1.54) is 11.1 Å². The molecule has 0 radical (unpaired) electrons. The van der Waals surface area contributed by atoms with Crippen LogP contribution in [-0.4, -0.2) is 41.3 Å². The standard InChI is InChI=1S/C28H32N2O5/c31-25(29-19-8-5-7-18(15-19)26(32)33)16-28(13-6-14-28)30-27(34)35-17-24-22-11-3-1-9-20(22)21-10-2-4-12-23(21)24/h1-4,9-12,18-19,24H,5-8,13-17H2,(H,29,31)(H,30,34)(H,32,33)/t18-,19-/m1/s1. The smallest absolute Gasteiger partial charge is 0.407 e. The predicted molar refractivity (Wildman–Crippen MR) is 131 cm³/mol. The number of fused-ring (bicyclic) bond motifs is 3. The molecule has 3 aliphatic carbocycles. The molecular weight excluding hydrogens is 444 g/mol. The van der Waals surface area contributed by atoms with Crippen molar-refractivity contribution in [3.8, 4) is 11.1 Å². The van der Waals surface area contributed by atoms with E-state index in [4.69, 9.17) is 4.74 Å². The fraction of sp³-hybridized carbons (Fsp3) is 0.464. The molecule has 0 bridgehead atoms. The van der Waals surface area contributed by atoms with E-state index in [1.807, 2.05) is 24.3 Å². The van der Waals surface area contributed by atoms with Gasteiger partial charge in [0.25, 0.3) is 0 Å². The van der Waals surface area contributed by atoms with Crippen LogP contribution in [0, 0.1) is 5.92 Å². The fourth-order valence-electron chi connectivity index (χ4n) is 5.93. The molecule has 7 nitrogen and oxygen atoms in total. The highest BCUT2D eigenvalue weighted by Crippen LogP contribution is 2.44. The van der Waals surface area contributed by atoms with Crippen molar-refractivity contribution < 1.29 is 24.2 Å². The Morgan fingerprint density at radius 2 is 1.60 bits per heavy atom. The number of hydrogen-bond acceptors (Lipinski definition) is 4. The number of carboxylic acids is 1. The summed E-state index contributed by atoms with van der Waals surface area (Å²) in [7, 11) is 0. The molecule has 0 aromatic heterocycles. The largest absolute Gasteiger partial charge is 0.481 e. The highest BCUT2D eigenvalue weighted by Gasteiger charge is 2.41. The lowest BCUT2D eigenvalue weighted by atomic mass is 9.74. The number of ether oxygens (including phenoxy) is 1. The average molecular weight is 477 g/mol. The number of alkyl carbamates (subject to hydrolysis) is 1. The Morgan fingerprint density at radius 1 is 0.943 bits per heavy atom. The number of carbonyl (C=O) groups is 3. The quantitative estimate of drug-likeness (QED) is 0.542. The maximum absolute atomic E-state index is 12.8. The zero-order valence-corrected chi connectivity index (χ0v) is 19.8. The van der Waals surface area contributed by atoms with Crippen LogP contribution in [0.15, 0.2) is 48.5 Å². The second kappa shape index (κ2) is 9.72. The van der Waals surface area contributed by atoms with E-state index in [-0.39, 0.29) is 30.9 Å². The fourth-order valence-corrected chi connectivity index (χ4v) is 5.93. The van der Waals surface area contributed by atoms with Gasteiger partial charge in [-0.2, -0.15) is 0 Å². The van der Waals surface area contributed by atoms with Crippen molar-refractivity contribution in [1.29, 1.82) is 0 Å². The van der Waals surface area contributed by atoms with Gasteiger partial charge in [-0.15, -0.1) is 0 Å². The average Bonchev–Trinajstić information content (AvgIpc) is 3.15. The zero-order chi connectivity index (χ0) is 24.4. The van der Waals surface area contributed by atoms with Crippen LogP contribution >= 0.6 is 0 Å². The van der Waals surface area contributed by atoms with E-state index >= 15 is 0 Å². The van der Waals surface area contributed by atoms with Gasteiger partial charge in [0.05, 0.1) is 11.5 Å². The van der Waals surface area contributed by atoms with Crippen molar-refractivity contribution in [1.82, 2.24) is 10.6 Å². The van der Waals surface area contributed by atoms with Gasteiger partial charge < -0.3 is 20.5 Å². The molecule has 0 unspecified atom stereocenters. The van der Waals surface area contributed by atoms with Crippen LogP contribution in [0.2, 0.25) is 0 Å². The van der Waals surface area contributed by atoms with Crippen molar-refractivity contribution in [3.05, 3.63) is 59.7 Å². The van der Waals surface area contributed by atoms with Crippen molar-refractivity contribution in [2.45, 2.75) is 68.9 Å². The van der Waals surface area contributed by atoms with Gasteiger partial charge in [0.2, 0.25) is 5.91 Å². The molecule has 0 spiro atoms. The molecule has 184 valence electrons. The summed E-state index contributed by atoms with van der Waals surface area (Å²) in [6, 6.07) is 16.3. The van der Waals surface area contributed by atoms with E-state index in [0.29, 0.717) is 12.8 Å². The molecule has 35 heavy (non-hydrogen) atoms. The van der Waals surface area contributed by atoms with Gasteiger partial charge in [-0.05, 0) is 60.8 Å². The maximum atomic E-state index is 12.8. The molecule has 7 heteroatoms. The number of benzene rings is 2. The summed E-state index contributed by atoms with van der Waals surface area (Å²) in [5.41, 5.74) is 4.08. The van der Waals surface area contributed by atoms with Gasteiger partial charge in [0, 0.05) is 18.4 Å². The van der Waals surface area contributed by atoms with Crippen LogP contribution in [0.1, 0.15) is 68.4 Å². The zero-order valence-electron chi connectivity index (χ0n) is 19.8. The van der Waals surface area contributed by atoms with Crippen LogP contribution in [0.4, 0.5) is 4.79 Å². The van der Waals surface area contributed by atoms with E-state index in [1.54, 1.807) is 0 Å². The van der Waals surface area contributed by atoms with Crippen LogP contribution < -0.4 is 10.6 Å². The summed E-state index contributed by atoms with van der Waals surface area (Å²) in [5.74, 6) is -1.34. The molecule has 2 atom stereocenters. The maximum Gasteiger partial charge on any atom is 0.407 e. The third-order valence-electron chi connectivity index (χ3n) is 7.91. The van der Waals surface area contributed by atoms with Crippen LogP contribution in [0.25, 0.3) is 11.1 Å². The first-order valence-corrected chi connectivity index (χ1v) is 12.6. The van der Waals surface area contributed by atoms with Crippen LogP contribution in [0.5, 0.6) is 0 Å². The van der Waals surface area contributed by atoms with Gasteiger partial charge in [0.1, 0.15) is 6.61 Å². The Balaban J connectivity index is 1.17. The molecule has 2 aromatic rings. The van der Waals surface area contributed by atoms with Gasteiger partial charge >= 0.3 is 12.1 Å². The van der Waals surface area contributed by atoms with Gasteiger partial charge in [-0.1, -0.05) is 55.0 Å². The third-order valence-corrected chi connectivity index (χ3v) is 7.91. The van der Waals surface area contributed by atoms with Crippen LogP contribution in [-0.2, 0) is 14.3 Å². The number of carboxylic acid groups (broad SMARTS) is 1. The van der Waals surface area contributed by atoms with E-state index in [9.17, 15) is 19.5 Å². The first kappa shape index (κ1) is 23.4. The number of hydrogen-bond donors (Lipinski definition) is 3. The molecular formula is C28H32N2O5. The molecule has 3 N–H and O–H groups in total. The third kappa shape index (κ3) is 4.90. The summed E-state index contributed by atoms with van der Waals surface area (Å²) in [6.45, 7) is 0.237. The first-order chi connectivity index (χ1) is 16.9. The van der Waals surface area contributed by atoms with Gasteiger partial charge in [-0.25, -0.2) is 4.79 Å². The molecule has 2 fully saturated rings. The lowest BCUT2D eigenvalue weighted by Crippen LogP contribution is -2.56. The minimum absolute atomic E-state index is 0.0118. The number of rotatable bonds is 7. The predicted octanol–water partition coefficient (Wildman–Crippen LogP) is 4.60. The Hall–Kier alpha value is -3.35. The minimum atomic E-state index is -0.795. The highest BCUT2D eigenvalue weighted by atomic mass is 16.5. The highest BCUT2D eigenvalue weighted by molar-refractivity contribution is 5.80. The van der Waals surface area contributed by atoms with Crippen molar-refractivity contribution in [3.63, 3.8) is 0 Å². The van der Waals surface area contributed by atoms with Crippen molar-refractivity contribution in [2.24, 2.45) is 5.92 Å². The summed E-state index contributed by atoms with van der Waals surface area (Å²) >= 11 is 0. The lowest BCUT2D eigenvalue weighted by Gasteiger charge is -2.42. The summed E-state index contributed by atoms with van der Waals surface area (Å²) in [5, 5.41) is 15.3. The molecule has 2 aromatic carbocycles. The molecule has 0 aliphatic heterocycles.